The van der Waals surface area contributed by atoms with Gasteiger partial charge in [0.15, 0.2) is 0 Å². The third-order valence-electron chi connectivity index (χ3n) is 4.01. The Morgan fingerprint density at radius 1 is 1.07 bits per heavy atom. The summed E-state index contributed by atoms with van der Waals surface area (Å²) >= 11 is 5.32. The molecule has 0 N–H and O–H groups in total. The zero-order chi connectivity index (χ0) is 19.2. The van der Waals surface area contributed by atoms with E-state index in [0.29, 0.717) is 24.0 Å². The quantitative estimate of drug-likeness (QED) is 0.537. The summed E-state index contributed by atoms with van der Waals surface area (Å²) in [4.78, 5) is 2.46. The molecule has 0 aliphatic carbocycles. The summed E-state index contributed by atoms with van der Waals surface area (Å²) < 4.78 is 18.0. The second-order valence-corrected chi connectivity index (χ2v) is 6.48. The van der Waals surface area contributed by atoms with E-state index in [4.69, 9.17) is 26.1 Å². The van der Waals surface area contributed by atoms with Crippen LogP contribution in [0.15, 0.2) is 52.9 Å². The highest BCUT2D eigenvalue weighted by atomic mass is 32.1. The molecule has 0 aliphatic rings. The van der Waals surface area contributed by atoms with Crippen molar-refractivity contribution in [2.75, 3.05) is 20.8 Å². The Kier molecular flexibility index (Phi) is 6.26. The van der Waals surface area contributed by atoms with Crippen molar-refractivity contribution >= 4 is 12.2 Å². The monoisotopic (exact) mass is 385 g/mol. The summed E-state index contributed by atoms with van der Waals surface area (Å²) in [6.07, 6.45) is 0. The molecule has 142 valence electrons. The molecule has 0 radical (unpaired) electrons. The number of methoxy groups -OCH3 is 1. The smallest absolute Gasteiger partial charge is 0.288 e. The minimum absolute atomic E-state index is 0.348. The van der Waals surface area contributed by atoms with Crippen molar-refractivity contribution < 1.29 is 13.9 Å². The third kappa shape index (κ3) is 4.96. The molecule has 3 rings (SSSR count). The molecule has 0 amide bonds. The molecule has 0 spiro atoms. The van der Waals surface area contributed by atoms with Crippen molar-refractivity contribution in [3.8, 4) is 23.0 Å². The van der Waals surface area contributed by atoms with E-state index in [1.165, 1.54) is 5.56 Å². The molecule has 0 fully saturated rings. The number of hydrogen-bond donors (Lipinski definition) is 0. The fraction of sp³-hybridized carbons (Fsp3) is 0.300. The number of rotatable bonds is 8. The van der Waals surface area contributed by atoms with Crippen molar-refractivity contribution in [1.82, 2.24) is 14.7 Å². The molecule has 7 heteroatoms. The highest BCUT2D eigenvalue weighted by Gasteiger charge is 2.10. The van der Waals surface area contributed by atoms with Gasteiger partial charge in [0, 0.05) is 12.1 Å². The lowest BCUT2D eigenvalue weighted by Crippen LogP contribution is -2.22. The van der Waals surface area contributed by atoms with Crippen molar-refractivity contribution in [2.45, 2.75) is 20.1 Å². The van der Waals surface area contributed by atoms with Crippen molar-refractivity contribution in [3.63, 3.8) is 0 Å². The Morgan fingerprint density at radius 3 is 2.37 bits per heavy atom. The van der Waals surface area contributed by atoms with E-state index >= 15 is 0 Å². The van der Waals surface area contributed by atoms with Crippen LogP contribution < -0.4 is 9.47 Å². The highest BCUT2D eigenvalue weighted by molar-refractivity contribution is 7.71. The van der Waals surface area contributed by atoms with Gasteiger partial charge in [-0.1, -0.05) is 12.1 Å². The van der Waals surface area contributed by atoms with E-state index in [2.05, 4.69) is 10.00 Å². The van der Waals surface area contributed by atoms with Gasteiger partial charge in [-0.05, 0) is 68.2 Å². The zero-order valence-electron chi connectivity index (χ0n) is 15.7. The van der Waals surface area contributed by atoms with Crippen LogP contribution in [0.5, 0.6) is 11.5 Å². The van der Waals surface area contributed by atoms with Crippen LogP contribution in [0, 0.1) is 4.84 Å². The first kappa shape index (κ1) is 19.1. The molecule has 3 aromatic rings. The van der Waals surface area contributed by atoms with Crippen LogP contribution in [0.4, 0.5) is 0 Å². The van der Waals surface area contributed by atoms with E-state index in [0.717, 1.165) is 23.6 Å². The van der Waals surface area contributed by atoms with E-state index in [1.807, 2.05) is 62.5 Å². The minimum Gasteiger partial charge on any atom is -0.497 e. The van der Waals surface area contributed by atoms with Gasteiger partial charge in [0.05, 0.1) is 20.4 Å². The predicted molar refractivity (Wildman–Crippen MR) is 106 cm³/mol. The van der Waals surface area contributed by atoms with Gasteiger partial charge in [-0.2, -0.15) is 0 Å². The fourth-order valence-corrected chi connectivity index (χ4v) is 2.87. The molecule has 27 heavy (non-hydrogen) atoms. The van der Waals surface area contributed by atoms with E-state index < -0.39 is 0 Å². The maximum absolute atomic E-state index is 5.66. The van der Waals surface area contributed by atoms with Crippen molar-refractivity contribution in [1.29, 1.82) is 0 Å². The molecule has 0 saturated carbocycles. The van der Waals surface area contributed by atoms with Crippen LogP contribution in [0.3, 0.4) is 0 Å². The molecule has 0 atom stereocenters. The maximum Gasteiger partial charge on any atom is 0.288 e. The molecular formula is C20H23N3O3S. The van der Waals surface area contributed by atoms with E-state index in [1.54, 1.807) is 11.8 Å². The zero-order valence-corrected chi connectivity index (χ0v) is 16.5. The van der Waals surface area contributed by atoms with Gasteiger partial charge in [-0.15, -0.1) is 5.10 Å². The van der Waals surface area contributed by atoms with Gasteiger partial charge in [0.1, 0.15) is 11.5 Å². The summed E-state index contributed by atoms with van der Waals surface area (Å²) in [5.74, 6) is 2.17. The maximum atomic E-state index is 5.66. The minimum atomic E-state index is 0.348. The van der Waals surface area contributed by atoms with Crippen LogP contribution in [-0.2, 0) is 13.2 Å². The number of aromatic nitrogens is 2. The second kappa shape index (κ2) is 8.83. The summed E-state index contributed by atoms with van der Waals surface area (Å²) in [5, 5.41) is 4.51. The molecule has 0 aliphatic heterocycles. The average molecular weight is 385 g/mol. The van der Waals surface area contributed by atoms with Gasteiger partial charge >= 0.3 is 0 Å². The topological polar surface area (TPSA) is 52.7 Å². The van der Waals surface area contributed by atoms with Crippen LogP contribution in [0.1, 0.15) is 12.5 Å². The van der Waals surface area contributed by atoms with Gasteiger partial charge in [-0.3, -0.25) is 4.90 Å². The van der Waals surface area contributed by atoms with Crippen molar-refractivity contribution in [2.24, 2.45) is 0 Å². The molecular weight excluding hydrogens is 362 g/mol. The molecule has 1 heterocycles. The summed E-state index contributed by atoms with van der Waals surface area (Å²) in [5.41, 5.74) is 2.04. The van der Waals surface area contributed by atoms with Gasteiger partial charge in [0.2, 0.25) is 5.89 Å². The van der Waals surface area contributed by atoms with Gasteiger partial charge in [0.25, 0.3) is 4.84 Å². The third-order valence-corrected chi connectivity index (χ3v) is 4.30. The first-order valence-corrected chi connectivity index (χ1v) is 9.12. The Bertz CT molecular complexity index is 917. The summed E-state index contributed by atoms with van der Waals surface area (Å²) in [6, 6.07) is 15.6. The summed E-state index contributed by atoms with van der Waals surface area (Å²) in [7, 11) is 3.67. The molecule has 0 unspecified atom stereocenters. The SMILES string of the molecule is CCOc1ccc(-c2nn(CN(C)Cc3ccc(OC)cc3)c(=S)o2)cc1. The van der Waals surface area contributed by atoms with Crippen LogP contribution in [0.2, 0.25) is 0 Å². The number of ether oxygens (including phenoxy) is 2. The molecule has 0 bridgehead atoms. The number of benzene rings is 2. The Morgan fingerprint density at radius 2 is 1.74 bits per heavy atom. The average Bonchev–Trinajstić information content (AvgIpc) is 3.03. The standard InChI is InChI=1S/C20H23N3O3S/c1-4-25-18-11-7-16(8-12-18)19-21-23(20(27)26-19)14-22(2)13-15-5-9-17(24-3)10-6-15/h5-12H,4,13-14H2,1-3H3. The largest absolute Gasteiger partial charge is 0.497 e. The second-order valence-electron chi connectivity index (χ2n) is 6.13. The first-order valence-electron chi connectivity index (χ1n) is 8.71. The number of hydrogen-bond acceptors (Lipinski definition) is 6. The Labute approximate surface area is 163 Å². The molecule has 2 aromatic carbocycles. The summed E-state index contributed by atoms with van der Waals surface area (Å²) in [6.45, 7) is 3.88. The lowest BCUT2D eigenvalue weighted by molar-refractivity contribution is 0.240. The normalized spacial score (nSPS) is 11.0. The lowest BCUT2D eigenvalue weighted by Gasteiger charge is -2.16. The lowest BCUT2D eigenvalue weighted by atomic mass is 10.2. The Balaban J connectivity index is 1.67. The van der Waals surface area contributed by atoms with Gasteiger partial charge < -0.3 is 13.9 Å². The van der Waals surface area contributed by atoms with Crippen LogP contribution >= 0.6 is 12.2 Å². The van der Waals surface area contributed by atoms with E-state index in [9.17, 15) is 0 Å². The highest BCUT2D eigenvalue weighted by Crippen LogP contribution is 2.21. The molecule has 1 aromatic heterocycles. The van der Waals surface area contributed by atoms with E-state index in [-0.39, 0.29) is 0 Å². The first-order chi connectivity index (χ1) is 13.1. The Hall–Kier alpha value is -2.64. The van der Waals surface area contributed by atoms with Gasteiger partial charge in [-0.25, -0.2) is 4.68 Å². The fourth-order valence-electron chi connectivity index (χ4n) is 2.69. The molecule has 0 saturated heterocycles. The van der Waals surface area contributed by atoms with Crippen molar-refractivity contribution in [3.05, 3.63) is 58.9 Å². The number of nitrogens with zero attached hydrogens (tertiary/aromatic N) is 3. The van der Waals surface area contributed by atoms with Crippen LogP contribution in [-0.4, -0.2) is 35.4 Å². The molecule has 6 nitrogen and oxygen atoms in total. The van der Waals surface area contributed by atoms with Crippen LogP contribution in [0.25, 0.3) is 11.5 Å². The predicted octanol–water partition coefficient (Wildman–Crippen LogP) is 4.37.